The first kappa shape index (κ1) is 22.0. The van der Waals surface area contributed by atoms with Gasteiger partial charge in [0.2, 0.25) is 11.8 Å². The van der Waals surface area contributed by atoms with Crippen molar-refractivity contribution in [1.29, 1.82) is 0 Å². The first-order valence-corrected chi connectivity index (χ1v) is 10.9. The fourth-order valence-electron chi connectivity index (χ4n) is 4.42. The third-order valence-corrected chi connectivity index (χ3v) is 5.94. The minimum absolute atomic E-state index is 0.0942. The number of para-hydroxylation sites is 1. The molecular formula is C24H27FN4O3. The number of nitrogens with zero attached hydrogens (tertiary/aromatic N) is 1. The minimum Gasteiger partial charge on any atom is -0.357 e. The molecule has 1 aromatic heterocycles. The molecule has 4 N–H and O–H groups in total. The van der Waals surface area contributed by atoms with E-state index in [0.29, 0.717) is 25.9 Å². The molecule has 4 rings (SSSR count). The Kier molecular flexibility index (Phi) is 6.82. The molecule has 32 heavy (non-hydrogen) atoms. The molecule has 1 aliphatic rings. The summed E-state index contributed by atoms with van der Waals surface area (Å²) in [4.78, 5) is 29.3. The molecule has 0 fully saturated rings. The van der Waals surface area contributed by atoms with Crippen LogP contribution in [0, 0.1) is 5.82 Å². The number of nitrogens with one attached hydrogen (secondary N) is 3. The lowest BCUT2D eigenvalue weighted by Crippen LogP contribution is -2.43. The van der Waals surface area contributed by atoms with E-state index < -0.39 is 5.91 Å². The number of unbranched alkanes of at least 4 members (excludes halogenated alkanes) is 1. The van der Waals surface area contributed by atoms with E-state index in [1.54, 1.807) is 17.6 Å². The van der Waals surface area contributed by atoms with E-state index in [9.17, 15) is 14.0 Å². The number of hydrogen-bond acceptors (Lipinski definition) is 4. The van der Waals surface area contributed by atoms with E-state index in [-0.39, 0.29) is 30.7 Å². The Bertz CT molecular complexity index is 1100. The molecule has 1 unspecified atom stereocenters. The van der Waals surface area contributed by atoms with Crippen LogP contribution in [-0.4, -0.2) is 46.5 Å². The smallest absolute Gasteiger partial charge is 0.243 e. The van der Waals surface area contributed by atoms with Gasteiger partial charge >= 0.3 is 0 Å². The second kappa shape index (κ2) is 9.93. The molecule has 0 radical (unpaired) electrons. The van der Waals surface area contributed by atoms with Gasteiger partial charge in [0, 0.05) is 36.1 Å². The Hall–Kier alpha value is -3.23. The molecule has 1 atom stereocenters. The summed E-state index contributed by atoms with van der Waals surface area (Å²) in [6.07, 6.45) is 2.26. The van der Waals surface area contributed by atoms with E-state index in [1.165, 1.54) is 23.1 Å². The number of hydrogen-bond donors (Lipinski definition) is 4. The first-order valence-electron chi connectivity index (χ1n) is 10.9. The fourth-order valence-corrected chi connectivity index (χ4v) is 4.42. The maximum Gasteiger partial charge on any atom is 0.243 e. The summed E-state index contributed by atoms with van der Waals surface area (Å²) in [5.74, 6) is -0.815. The van der Waals surface area contributed by atoms with Crippen molar-refractivity contribution in [2.24, 2.45) is 0 Å². The predicted octanol–water partition coefficient (Wildman–Crippen LogP) is 3.05. The average molecular weight is 439 g/mol. The molecule has 3 aromatic rings. The zero-order chi connectivity index (χ0) is 22.5. The molecule has 7 nitrogen and oxygen atoms in total. The third-order valence-electron chi connectivity index (χ3n) is 5.94. The zero-order valence-corrected chi connectivity index (χ0v) is 17.7. The van der Waals surface area contributed by atoms with Crippen molar-refractivity contribution in [3.63, 3.8) is 0 Å². The molecule has 0 spiro atoms. The van der Waals surface area contributed by atoms with Gasteiger partial charge in [0.25, 0.3) is 0 Å². The molecule has 0 aliphatic carbocycles. The summed E-state index contributed by atoms with van der Waals surface area (Å²) >= 11 is 0. The lowest BCUT2D eigenvalue weighted by atomic mass is 9.92. The maximum atomic E-state index is 13.6. The van der Waals surface area contributed by atoms with Crippen LogP contribution in [0.3, 0.4) is 0 Å². The SMILES string of the molecule is O=C(CCCCNC(=O)CN1CCc2c([nH]c3ccccc23)C1c1ccc(F)cc1)NO. The van der Waals surface area contributed by atoms with Gasteiger partial charge < -0.3 is 10.3 Å². The largest absolute Gasteiger partial charge is 0.357 e. The van der Waals surface area contributed by atoms with Crippen molar-refractivity contribution < 1.29 is 19.2 Å². The molecular weight excluding hydrogens is 411 g/mol. The molecule has 1 aliphatic heterocycles. The number of aromatic amines is 1. The van der Waals surface area contributed by atoms with E-state index in [4.69, 9.17) is 5.21 Å². The monoisotopic (exact) mass is 438 g/mol. The van der Waals surface area contributed by atoms with Crippen molar-refractivity contribution in [1.82, 2.24) is 20.7 Å². The zero-order valence-electron chi connectivity index (χ0n) is 17.7. The van der Waals surface area contributed by atoms with Crippen LogP contribution in [0.5, 0.6) is 0 Å². The lowest BCUT2D eigenvalue weighted by Gasteiger charge is -2.35. The third kappa shape index (κ3) is 4.81. The van der Waals surface area contributed by atoms with Crippen molar-refractivity contribution in [2.75, 3.05) is 19.6 Å². The molecule has 0 saturated carbocycles. The lowest BCUT2D eigenvalue weighted by molar-refractivity contribution is -0.129. The normalized spacial score (nSPS) is 16.0. The standard InChI is InChI=1S/C24H27FN4O3/c25-17-10-8-16(9-11-17)24-23-19(18-5-1-2-6-20(18)27-23)12-14-29(24)15-22(31)26-13-4-3-7-21(30)28-32/h1-2,5-6,8-11,24,27,32H,3-4,7,12-15H2,(H,26,31)(H,28,30). The highest BCUT2D eigenvalue weighted by atomic mass is 19.1. The number of carbonyl (C=O) groups excluding carboxylic acids is 2. The number of benzene rings is 2. The number of amides is 2. The second-order valence-electron chi connectivity index (χ2n) is 8.08. The van der Waals surface area contributed by atoms with Crippen LogP contribution in [0.4, 0.5) is 4.39 Å². The van der Waals surface area contributed by atoms with Gasteiger partial charge in [-0.3, -0.25) is 19.7 Å². The summed E-state index contributed by atoms with van der Waals surface area (Å²) in [6.45, 7) is 1.39. The highest BCUT2D eigenvalue weighted by Crippen LogP contribution is 2.38. The van der Waals surface area contributed by atoms with Crippen LogP contribution in [0.25, 0.3) is 10.9 Å². The summed E-state index contributed by atoms with van der Waals surface area (Å²) in [7, 11) is 0. The summed E-state index contributed by atoms with van der Waals surface area (Å²) < 4.78 is 13.6. The fraction of sp³-hybridized carbons (Fsp3) is 0.333. The summed E-state index contributed by atoms with van der Waals surface area (Å²) in [5, 5.41) is 12.6. The van der Waals surface area contributed by atoms with Crippen molar-refractivity contribution >= 4 is 22.7 Å². The Balaban J connectivity index is 1.49. The topological polar surface area (TPSA) is 97.5 Å². The second-order valence-corrected chi connectivity index (χ2v) is 8.08. The predicted molar refractivity (Wildman–Crippen MR) is 119 cm³/mol. The highest BCUT2D eigenvalue weighted by molar-refractivity contribution is 5.85. The number of hydroxylamine groups is 1. The first-order chi connectivity index (χ1) is 15.6. The molecule has 2 amide bonds. The van der Waals surface area contributed by atoms with Gasteiger partial charge in [-0.1, -0.05) is 30.3 Å². The minimum atomic E-state index is -0.430. The highest BCUT2D eigenvalue weighted by Gasteiger charge is 2.32. The number of fused-ring (bicyclic) bond motifs is 3. The van der Waals surface area contributed by atoms with Crippen LogP contribution in [-0.2, 0) is 16.0 Å². The van der Waals surface area contributed by atoms with Gasteiger partial charge in [0.1, 0.15) is 5.82 Å². The number of halogens is 1. The van der Waals surface area contributed by atoms with Gasteiger partial charge in [-0.2, -0.15) is 0 Å². The molecule has 2 aromatic carbocycles. The Labute approximate surface area is 185 Å². The van der Waals surface area contributed by atoms with Crippen LogP contribution in [0.1, 0.15) is 42.1 Å². The Morgan fingerprint density at radius 3 is 2.66 bits per heavy atom. The molecule has 0 saturated heterocycles. The van der Waals surface area contributed by atoms with E-state index >= 15 is 0 Å². The van der Waals surface area contributed by atoms with Gasteiger partial charge in [-0.15, -0.1) is 0 Å². The van der Waals surface area contributed by atoms with Crippen LogP contribution in [0.15, 0.2) is 48.5 Å². The van der Waals surface area contributed by atoms with E-state index in [2.05, 4.69) is 21.3 Å². The van der Waals surface area contributed by atoms with Gasteiger partial charge in [0.15, 0.2) is 0 Å². The Morgan fingerprint density at radius 1 is 1.09 bits per heavy atom. The van der Waals surface area contributed by atoms with Crippen LogP contribution < -0.4 is 10.8 Å². The van der Waals surface area contributed by atoms with E-state index in [0.717, 1.165) is 23.2 Å². The van der Waals surface area contributed by atoms with Gasteiger partial charge in [0.05, 0.1) is 12.6 Å². The molecule has 8 heteroatoms. The number of rotatable bonds is 8. The van der Waals surface area contributed by atoms with Gasteiger partial charge in [-0.05, 0) is 48.6 Å². The van der Waals surface area contributed by atoms with Crippen molar-refractivity contribution in [3.8, 4) is 0 Å². The van der Waals surface area contributed by atoms with E-state index in [1.807, 2.05) is 18.2 Å². The van der Waals surface area contributed by atoms with Crippen molar-refractivity contribution in [3.05, 3.63) is 71.2 Å². The molecule has 0 bridgehead atoms. The van der Waals surface area contributed by atoms with Gasteiger partial charge in [-0.25, -0.2) is 9.87 Å². The number of H-pyrrole nitrogens is 1. The summed E-state index contributed by atoms with van der Waals surface area (Å²) in [6, 6.07) is 14.4. The average Bonchev–Trinajstić information content (AvgIpc) is 3.18. The Morgan fingerprint density at radius 2 is 1.88 bits per heavy atom. The molecule has 168 valence electrons. The van der Waals surface area contributed by atoms with Crippen molar-refractivity contribution in [2.45, 2.75) is 31.7 Å². The number of carbonyl (C=O) groups is 2. The molecule has 2 heterocycles. The van der Waals surface area contributed by atoms with Crippen LogP contribution in [0.2, 0.25) is 0 Å². The van der Waals surface area contributed by atoms with Crippen LogP contribution >= 0.6 is 0 Å². The quantitative estimate of drug-likeness (QED) is 0.247. The summed E-state index contributed by atoms with van der Waals surface area (Å²) in [5.41, 5.74) is 5.88. The number of aromatic nitrogens is 1. The maximum absolute atomic E-state index is 13.6.